The highest BCUT2D eigenvalue weighted by Crippen LogP contribution is 2.31. The molecular weight excluding hydrogens is 354 g/mol. The quantitative estimate of drug-likeness (QED) is 0.756. The van der Waals surface area contributed by atoms with Gasteiger partial charge in [-0.2, -0.15) is 10.5 Å². The molecule has 0 aliphatic carbocycles. The van der Waals surface area contributed by atoms with Gasteiger partial charge in [0.05, 0.1) is 10.6 Å². The fraction of sp³-hybridized carbons (Fsp3) is 0.375. The van der Waals surface area contributed by atoms with E-state index in [1.165, 1.54) is 12.5 Å². The highest BCUT2D eigenvalue weighted by atomic mass is 32.2. The first kappa shape index (κ1) is 17.9. The number of H-pyrrole nitrogens is 1. The van der Waals surface area contributed by atoms with Crippen molar-refractivity contribution in [2.45, 2.75) is 24.2 Å². The molecule has 9 nitrogen and oxygen atoms in total. The van der Waals surface area contributed by atoms with Crippen molar-refractivity contribution in [3.63, 3.8) is 0 Å². The smallest absolute Gasteiger partial charge is 0.216 e. The van der Waals surface area contributed by atoms with Crippen LogP contribution in [-0.2, 0) is 9.84 Å². The Labute approximate surface area is 151 Å². The number of allylic oxidation sites excluding steroid dienone is 1. The molecule has 0 spiro atoms. The van der Waals surface area contributed by atoms with E-state index in [-0.39, 0.29) is 11.4 Å². The first-order chi connectivity index (χ1) is 12.5. The number of rotatable bonds is 5. The van der Waals surface area contributed by atoms with Crippen molar-refractivity contribution in [1.29, 1.82) is 5.26 Å². The van der Waals surface area contributed by atoms with E-state index in [9.17, 15) is 13.7 Å². The van der Waals surface area contributed by atoms with E-state index in [4.69, 9.17) is 0 Å². The molecule has 3 rings (SSSR count). The molecule has 1 aromatic heterocycles. The monoisotopic (exact) mass is 373 g/mol. The first-order valence-electron chi connectivity index (χ1n) is 8.19. The van der Waals surface area contributed by atoms with Crippen LogP contribution in [0.1, 0.15) is 25.1 Å². The Hall–Kier alpha value is -2.93. The van der Waals surface area contributed by atoms with Gasteiger partial charge >= 0.3 is 0 Å². The highest BCUT2D eigenvalue weighted by Gasteiger charge is 2.20. The van der Waals surface area contributed by atoms with E-state index in [0.717, 1.165) is 32.4 Å². The van der Waals surface area contributed by atoms with E-state index in [0.29, 0.717) is 16.3 Å². The van der Waals surface area contributed by atoms with Gasteiger partial charge in [0.2, 0.25) is 5.82 Å². The minimum absolute atomic E-state index is 0.184. The number of aromatic amines is 1. The van der Waals surface area contributed by atoms with Crippen LogP contribution in [0.4, 0.5) is 11.4 Å². The Balaban J connectivity index is 1.92. The minimum Gasteiger partial charge on any atom is -0.370 e. The second-order valence-electron chi connectivity index (χ2n) is 6.05. The van der Waals surface area contributed by atoms with Gasteiger partial charge in [-0.1, -0.05) is 0 Å². The third kappa shape index (κ3) is 4.00. The van der Waals surface area contributed by atoms with Crippen molar-refractivity contribution in [2.75, 3.05) is 29.6 Å². The van der Waals surface area contributed by atoms with E-state index < -0.39 is 9.84 Å². The summed E-state index contributed by atoms with van der Waals surface area (Å²) in [5.41, 5.74) is 1.57. The predicted molar refractivity (Wildman–Crippen MR) is 97.0 cm³/mol. The van der Waals surface area contributed by atoms with Crippen molar-refractivity contribution in [2.24, 2.45) is 0 Å². The SMILES string of the molecule is CS(=O)(=O)c1ccc(NC=C(C#N)c2nn[nH]n2)cc1N1CCCCC1. The molecule has 0 saturated carbocycles. The molecule has 1 aliphatic heterocycles. The van der Waals surface area contributed by atoms with Crippen molar-refractivity contribution in [3.05, 3.63) is 30.2 Å². The molecule has 0 radical (unpaired) electrons. The van der Waals surface area contributed by atoms with Gasteiger partial charge in [0.1, 0.15) is 11.6 Å². The van der Waals surface area contributed by atoms with Crippen molar-refractivity contribution in [3.8, 4) is 6.07 Å². The number of benzene rings is 1. The van der Waals surface area contributed by atoms with Crippen molar-refractivity contribution >= 4 is 26.8 Å². The van der Waals surface area contributed by atoms with Gasteiger partial charge in [-0.25, -0.2) is 8.42 Å². The summed E-state index contributed by atoms with van der Waals surface area (Å²) in [6.45, 7) is 1.65. The van der Waals surface area contributed by atoms with Crippen LogP contribution in [0.2, 0.25) is 0 Å². The largest absolute Gasteiger partial charge is 0.370 e. The molecular formula is C16H19N7O2S. The van der Waals surface area contributed by atoms with Crippen LogP contribution in [0.3, 0.4) is 0 Å². The maximum absolute atomic E-state index is 12.1. The summed E-state index contributed by atoms with van der Waals surface area (Å²) in [5, 5.41) is 25.5. The third-order valence-corrected chi connectivity index (χ3v) is 5.29. The number of nitrogens with zero attached hydrogens (tertiary/aromatic N) is 5. The third-order valence-electron chi connectivity index (χ3n) is 4.15. The van der Waals surface area contributed by atoms with E-state index in [2.05, 4.69) is 30.8 Å². The number of piperidine rings is 1. The van der Waals surface area contributed by atoms with Crippen LogP contribution in [0.5, 0.6) is 0 Å². The van der Waals surface area contributed by atoms with Gasteiger partial charge in [0.15, 0.2) is 9.84 Å². The molecule has 2 N–H and O–H groups in total. The number of tetrazole rings is 1. The summed E-state index contributed by atoms with van der Waals surface area (Å²) in [6, 6.07) is 7.06. The maximum Gasteiger partial charge on any atom is 0.216 e. The highest BCUT2D eigenvalue weighted by molar-refractivity contribution is 7.90. The van der Waals surface area contributed by atoms with Gasteiger partial charge in [-0.3, -0.25) is 0 Å². The first-order valence-corrected chi connectivity index (χ1v) is 10.1. The number of aromatic nitrogens is 4. The molecule has 1 aromatic carbocycles. The molecule has 0 amide bonds. The zero-order valence-corrected chi connectivity index (χ0v) is 15.1. The lowest BCUT2D eigenvalue weighted by Gasteiger charge is -2.30. The average Bonchev–Trinajstić information content (AvgIpc) is 3.16. The molecule has 1 fully saturated rings. The van der Waals surface area contributed by atoms with E-state index in [1.807, 2.05) is 6.07 Å². The molecule has 10 heteroatoms. The summed E-state index contributed by atoms with van der Waals surface area (Å²) < 4.78 is 24.3. The Bertz CT molecular complexity index is 939. The van der Waals surface area contributed by atoms with Crippen molar-refractivity contribution < 1.29 is 8.42 Å². The maximum atomic E-state index is 12.1. The zero-order chi connectivity index (χ0) is 18.6. The summed E-state index contributed by atoms with van der Waals surface area (Å²) in [6.07, 6.45) is 5.92. The molecule has 0 bridgehead atoms. The van der Waals surface area contributed by atoms with Crippen LogP contribution in [0.25, 0.3) is 5.57 Å². The van der Waals surface area contributed by atoms with Gasteiger partial charge < -0.3 is 10.2 Å². The van der Waals surface area contributed by atoms with E-state index >= 15 is 0 Å². The number of hydrogen-bond acceptors (Lipinski definition) is 8. The Morgan fingerprint density at radius 2 is 2.12 bits per heavy atom. The molecule has 1 saturated heterocycles. The van der Waals surface area contributed by atoms with Crippen LogP contribution < -0.4 is 10.2 Å². The number of sulfone groups is 1. The Morgan fingerprint density at radius 3 is 2.73 bits per heavy atom. The van der Waals surface area contributed by atoms with Crippen LogP contribution in [-0.4, -0.2) is 48.4 Å². The Kier molecular flexibility index (Phi) is 5.18. The molecule has 0 atom stereocenters. The number of nitriles is 1. The summed E-state index contributed by atoms with van der Waals surface area (Å²) in [5.74, 6) is 0.184. The topological polar surface area (TPSA) is 128 Å². The molecule has 0 unspecified atom stereocenters. The van der Waals surface area contributed by atoms with Crippen LogP contribution in [0, 0.1) is 11.3 Å². The lowest BCUT2D eigenvalue weighted by Crippen LogP contribution is -2.30. The normalized spacial score (nSPS) is 15.5. The predicted octanol–water partition coefficient (Wildman–Crippen LogP) is 1.57. The number of hydrogen-bond donors (Lipinski definition) is 2. The van der Waals surface area contributed by atoms with Gasteiger partial charge in [-0.15, -0.1) is 10.2 Å². The number of nitrogens with one attached hydrogen (secondary N) is 2. The lowest BCUT2D eigenvalue weighted by molar-refractivity contribution is 0.572. The second-order valence-corrected chi connectivity index (χ2v) is 8.04. The molecule has 2 aromatic rings. The average molecular weight is 373 g/mol. The second kappa shape index (κ2) is 7.53. The molecule has 1 aliphatic rings. The van der Waals surface area contributed by atoms with E-state index in [1.54, 1.807) is 18.2 Å². The van der Waals surface area contributed by atoms with Gasteiger partial charge in [0, 0.05) is 31.2 Å². The fourth-order valence-electron chi connectivity index (χ4n) is 2.88. The summed E-state index contributed by atoms with van der Waals surface area (Å²) in [7, 11) is -3.34. The van der Waals surface area contributed by atoms with Crippen molar-refractivity contribution in [1.82, 2.24) is 20.6 Å². The van der Waals surface area contributed by atoms with Gasteiger partial charge in [-0.05, 0) is 42.7 Å². The summed E-state index contributed by atoms with van der Waals surface area (Å²) in [4.78, 5) is 2.41. The zero-order valence-electron chi connectivity index (χ0n) is 14.3. The van der Waals surface area contributed by atoms with Crippen LogP contribution in [0.15, 0.2) is 29.3 Å². The Morgan fingerprint density at radius 1 is 1.35 bits per heavy atom. The molecule has 2 heterocycles. The van der Waals surface area contributed by atoms with Crippen LogP contribution >= 0.6 is 0 Å². The summed E-state index contributed by atoms with van der Waals surface area (Å²) >= 11 is 0. The standard InChI is InChI=1S/C16H19N7O2S/c1-26(24,25)15-6-5-13(9-14(15)23-7-3-2-4-8-23)18-11-12(10-17)16-19-21-22-20-16/h5-6,9,11,18H,2-4,7-8H2,1H3,(H,19,20,21,22). The minimum atomic E-state index is -3.34. The molecule has 26 heavy (non-hydrogen) atoms. The van der Waals surface area contributed by atoms with Gasteiger partial charge in [0.25, 0.3) is 0 Å². The fourth-order valence-corrected chi connectivity index (χ4v) is 3.76. The molecule has 136 valence electrons. The lowest BCUT2D eigenvalue weighted by atomic mass is 10.1. The number of anilines is 2.